The average Bonchev–Trinajstić information content (AvgIpc) is 3.10. The van der Waals surface area contributed by atoms with E-state index in [9.17, 15) is 19.2 Å². The first kappa shape index (κ1) is 21.5. The minimum absolute atomic E-state index is 0.169. The molecule has 2 aromatic rings. The van der Waals surface area contributed by atoms with Crippen molar-refractivity contribution in [3.63, 3.8) is 0 Å². The van der Waals surface area contributed by atoms with Gasteiger partial charge in [-0.2, -0.15) is 0 Å². The fraction of sp³-hybridized carbons (Fsp3) is 0.333. The topological polar surface area (TPSA) is 105 Å². The second kappa shape index (κ2) is 9.21. The quantitative estimate of drug-likeness (QED) is 0.514. The number of nitrogens with zero attached hydrogens (tertiary/aromatic N) is 1. The first-order valence-corrected chi connectivity index (χ1v) is 10.7. The van der Waals surface area contributed by atoms with E-state index in [1.165, 1.54) is 4.90 Å². The van der Waals surface area contributed by atoms with E-state index in [0.29, 0.717) is 36.3 Å². The summed E-state index contributed by atoms with van der Waals surface area (Å²) in [5, 5.41) is 5.17. The molecule has 0 spiro atoms. The third-order valence-electron chi connectivity index (χ3n) is 5.69. The lowest BCUT2D eigenvalue weighted by Gasteiger charge is -2.29. The van der Waals surface area contributed by atoms with Crippen LogP contribution in [0.1, 0.15) is 47.2 Å². The molecule has 0 bridgehead atoms. The van der Waals surface area contributed by atoms with Crippen LogP contribution in [0.25, 0.3) is 0 Å². The zero-order valence-corrected chi connectivity index (χ0v) is 17.8. The number of ether oxygens (including phenoxy) is 1. The van der Waals surface area contributed by atoms with Crippen LogP contribution in [0.4, 0.5) is 5.69 Å². The molecule has 1 atom stereocenters. The van der Waals surface area contributed by atoms with Gasteiger partial charge in [-0.15, -0.1) is 0 Å². The molecule has 2 aliphatic rings. The van der Waals surface area contributed by atoms with E-state index < -0.39 is 11.9 Å². The van der Waals surface area contributed by atoms with Gasteiger partial charge >= 0.3 is 0 Å². The lowest BCUT2D eigenvalue weighted by Crippen LogP contribution is -2.52. The van der Waals surface area contributed by atoms with Crippen molar-refractivity contribution in [3.05, 3.63) is 59.2 Å². The van der Waals surface area contributed by atoms with Crippen molar-refractivity contribution in [2.45, 2.75) is 45.2 Å². The van der Waals surface area contributed by atoms with E-state index in [0.717, 1.165) is 11.3 Å². The predicted molar refractivity (Wildman–Crippen MR) is 117 cm³/mol. The fourth-order valence-electron chi connectivity index (χ4n) is 3.97. The summed E-state index contributed by atoms with van der Waals surface area (Å²) < 4.78 is 5.66. The van der Waals surface area contributed by atoms with Crippen LogP contribution in [-0.4, -0.2) is 41.2 Å². The number of aryl methyl sites for hydroxylation is 1. The highest BCUT2D eigenvalue weighted by Gasteiger charge is 2.39. The van der Waals surface area contributed by atoms with Gasteiger partial charge in [-0.05, 0) is 44.0 Å². The molecule has 8 nitrogen and oxygen atoms in total. The normalized spacial score (nSPS) is 17.7. The van der Waals surface area contributed by atoms with Gasteiger partial charge in [0.25, 0.3) is 5.91 Å². The largest absolute Gasteiger partial charge is 0.494 e. The summed E-state index contributed by atoms with van der Waals surface area (Å²) in [6.07, 6.45) is 1.33. The summed E-state index contributed by atoms with van der Waals surface area (Å²) in [6, 6.07) is 12.2. The third kappa shape index (κ3) is 4.64. The number of benzene rings is 2. The molecular formula is C24H25N3O5. The molecule has 4 amide bonds. The molecule has 0 aliphatic carbocycles. The number of piperidine rings is 1. The van der Waals surface area contributed by atoms with Crippen LogP contribution in [0.3, 0.4) is 0 Å². The predicted octanol–water partition coefficient (Wildman–Crippen LogP) is 2.55. The van der Waals surface area contributed by atoms with Crippen LogP contribution >= 0.6 is 0 Å². The summed E-state index contributed by atoms with van der Waals surface area (Å²) in [7, 11) is 0. The van der Waals surface area contributed by atoms with Crippen molar-refractivity contribution >= 4 is 29.3 Å². The monoisotopic (exact) mass is 435 g/mol. The van der Waals surface area contributed by atoms with Crippen molar-refractivity contribution in [1.29, 1.82) is 0 Å². The smallest absolute Gasteiger partial charge is 0.255 e. The maximum Gasteiger partial charge on any atom is 0.255 e. The zero-order chi connectivity index (χ0) is 22.7. The van der Waals surface area contributed by atoms with Gasteiger partial charge in [0.05, 0.1) is 6.61 Å². The highest BCUT2D eigenvalue weighted by Crippen LogP contribution is 2.32. The van der Waals surface area contributed by atoms with Crippen molar-refractivity contribution in [3.8, 4) is 5.75 Å². The minimum atomic E-state index is -0.685. The molecule has 8 heteroatoms. The number of rotatable bonds is 7. The van der Waals surface area contributed by atoms with Crippen molar-refractivity contribution in [1.82, 2.24) is 10.2 Å². The maximum atomic E-state index is 12.9. The van der Waals surface area contributed by atoms with Crippen LogP contribution in [0, 0.1) is 6.92 Å². The summed E-state index contributed by atoms with van der Waals surface area (Å²) in [4.78, 5) is 50.4. The Bertz CT molecular complexity index is 1060. The lowest BCUT2D eigenvalue weighted by atomic mass is 10.0. The van der Waals surface area contributed by atoms with Crippen LogP contribution < -0.4 is 15.4 Å². The molecular weight excluding hydrogens is 410 g/mol. The first-order valence-electron chi connectivity index (χ1n) is 10.7. The van der Waals surface area contributed by atoms with Crippen molar-refractivity contribution < 1.29 is 23.9 Å². The number of anilines is 1. The Hall–Kier alpha value is -3.68. The molecule has 0 radical (unpaired) electrons. The van der Waals surface area contributed by atoms with Crippen LogP contribution in [0.2, 0.25) is 0 Å². The molecule has 1 saturated heterocycles. The third-order valence-corrected chi connectivity index (χ3v) is 5.69. The van der Waals surface area contributed by atoms with Gasteiger partial charge in [-0.25, -0.2) is 0 Å². The number of carbonyl (C=O) groups is 4. The Kier molecular flexibility index (Phi) is 6.20. The summed E-state index contributed by atoms with van der Waals surface area (Å²) in [5.74, 6) is -0.449. The Morgan fingerprint density at radius 2 is 1.94 bits per heavy atom. The molecule has 0 aromatic heterocycles. The van der Waals surface area contributed by atoms with E-state index in [2.05, 4.69) is 10.6 Å². The highest BCUT2D eigenvalue weighted by molar-refractivity contribution is 6.06. The van der Waals surface area contributed by atoms with E-state index in [4.69, 9.17) is 4.74 Å². The van der Waals surface area contributed by atoms with Gasteiger partial charge in [0.15, 0.2) is 0 Å². The first-order chi connectivity index (χ1) is 15.4. The van der Waals surface area contributed by atoms with Gasteiger partial charge in [0.1, 0.15) is 11.8 Å². The Morgan fingerprint density at radius 1 is 1.16 bits per heavy atom. The van der Waals surface area contributed by atoms with E-state index in [1.54, 1.807) is 18.2 Å². The molecule has 32 heavy (non-hydrogen) atoms. The van der Waals surface area contributed by atoms with Gasteiger partial charge in [-0.1, -0.05) is 23.8 Å². The minimum Gasteiger partial charge on any atom is -0.494 e. The number of hydrogen-bond acceptors (Lipinski definition) is 5. The van der Waals surface area contributed by atoms with Gasteiger partial charge in [0, 0.05) is 36.2 Å². The number of fused-ring (bicyclic) bond motifs is 1. The van der Waals surface area contributed by atoms with Gasteiger partial charge < -0.3 is 15.0 Å². The van der Waals surface area contributed by atoms with Crippen LogP contribution in [0.5, 0.6) is 5.75 Å². The van der Waals surface area contributed by atoms with Crippen LogP contribution in [-0.2, 0) is 20.9 Å². The summed E-state index contributed by atoms with van der Waals surface area (Å²) in [6.45, 7) is 2.64. The second-order valence-electron chi connectivity index (χ2n) is 8.04. The zero-order valence-electron chi connectivity index (χ0n) is 17.8. The Labute approximate surface area is 185 Å². The Balaban J connectivity index is 1.33. The van der Waals surface area contributed by atoms with Crippen molar-refractivity contribution in [2.24, 2.45) is 0 Å². The Morgan fingerprint density at radius 3 is 2.69 bits per heavy atom. The lowest BCUT2D eigenvalue weighted by molar-refractivity contribution is -0.137. The molecule has 1 fully saturated rings. The standard InChI is InChI=1S/C24H25N3O5/c1-15-7-9-16(10-8-15)32-13-3-6-21(28)25-19-5-2-4-17-18(19)14-27(24(17)31)20-11-12-22(29)26-23(20)30/h2,4-5,7-10,20H,3,6,11-14H2,1H3,(H,25,28)(H,26,29,30). The SMILES string of the molecule is Cc1ccc(OCCCC(=O)Nc2cccc3c2CN(C2CCC(=O)NC2=O)C3=O)cc1. The maximum absolute atomic E-state index is 12.9. The molecule has 2 aliphatic heterocycles. The molecule has 2 aromatic carbocycles. The van der Waals surface area contributed by atoms with Crippen LogP contribution in [0.15, 0.2) is 42.5 Å². The van der Waals surface area contributed by atoms with E-state index >= 15 is 0 Å². The number of hydrogen-bond donors (Lipinski definition) is 2. The number of carbonyl (C=O) groups excluding carboxylic acids is 4. The number of nitrogens with one attached hydrogen (secondary N) is 2. The molecule has 2 N–H and O–H groups in total. The fourth-order valence-corrected chi connectivity index (χ4v) is 3.97. The van der Waals surface area contributed by atoms with Gasteiger partial charge in [-0.3, -0.25) is 24.5 Å². The summed E-state index contributed by atoms with van der Waals surface area (Å²) in [5.41, 5.74) is 2.87. The molecule has 166 valence electrons. The van der Waals surface area contributed by atoms with Gasteiger partial charge in [0.2, 0.25) is 17.7 Å². The molecule has 1 unspecified atom stereocenters. The average molecular weight is 435 g/mol. The van der Waals surface area contributed by atoms with E-state index in [-0.39, 0.29) is 37.1 Å². The number of amides is 4. The second-order valence-corrected chi connectivity index (χ2v) is 8.04. The van der Waals surface area contributed by atoms with Crippen molar-refractivity contribution in [2.75, 3.05) is 11.9 Å². The molecule has 2 heterocycles. The van der Waals surface area contributed by atoms with E-state index in [1.807, 2.05) is 31.2 Å². The molecule has 0 saturated carbocycles. The molecule has 4 rings (SSSR count). The number of imide groups is 1. The summed E-state index contributed by atoms with van der Waals surface area (Å²) >= 11 is 0. The highest BCUT2D eigenvalue weighted by atomic mass is 16.5.